The number of hydrogen-bond acceptors (Lipinski definition) is 7. The Labute approximate surface area is 173 Å². The molecule has 29 heavy (non-hydrogen) atoms. The first-order valence-electron chi connectivity index (χ1n) is 8.98. The maximum Gasteiger partial charge on any atom is 0.341 e. The second kappa shape index (κ2) is 10.0. The van der Waals surface area contributed by atoms with Crippen LogP contribution in [0.3, 0.4) is 0 Å². The minimum atomic E-state index is -0.657. The molecular formula is C20H25N3O5S. The molecule has 0 saturated carbocycles. The molecule has 2 amide bonds. The van der Waals surface area contributed by atoms with Crippen LogP contribution in [0.15, 0.2) is 24.3 Å². The molecule has 8 nitrogen and oxygen atoms in total. The second-order valence-corrected chi connectivity index (χ2v) is 7.43. The number of hydrogen-bond donors (Lipinski definition) is 2. The fraction of sp³-hybridized carbons (Fsp3) is 0.350. The van der Waals surface area contributed by atoms with Crippen molar-refractivity contribution in [1.29, 1.82) is 0 Å². The highest BCUT2D eigenvalue weighted by molar-refractivity contribution is 7.18. The van der Waals surface area contributed by atoms with Gasteiger partial charge in [0.1, 0.15) is 10.8 Å². The van der Waals surface area contributed by atoms with Gasteiger partial charge in [-0.2, -0.15) is 0 Å². The number of nitrogens with zero attached hydrogens (tertiary/aromatic N) is 1. The molecule has 0 aliphatic heterocycles. The van der Waals surface area contributed by atoms with Crippen LogP contribution < -0.4 is 15.8 Å². The van der Waals surface area contributed by atoms with E-state index in [9.17, 15) is 14.4 Å². The summed E-state index contributed by atoms with van der Waals surface area (Å²) in [4.78, 5) is 38.5. The standard InChI is InChI=1S/C20H25N3O5S/c1-5-28-20(26)16-12(2)17(18(21)25)29-19(16)22-15(24)11-23(3)10-13-6-8-14(27-4)9-7-13/h6-9H,5,10-11H2,1-4H3,(H2,21,25)(H,22,24). The maximum absolute atomic E-state index is 12.5. The van der Waals surface area contributed by atoms with Crippen LogP contribution in [-0.4, -0.2) is 50.0 Å². The van der Waals surface area contributed by atoms with Crippen molar-refractivity contribution in [1.82, 2.24) is 4.90 Å². The predicted molar refractivity (Wildman–Crippen MR) is 111 cm³/mol. The lowest BCUT2D eigenvalue weighted by atomic mass is 10.1. The zero-order valence-electron chi connectivity index (χ0n) is 16.9. The van der Waals surface area contributed by atoms with Crippen molar-refractivity contribution in [2.45, 2.75) is 20.4 Å². The minimum absolute atomic E-state index is 0.0944. The molecule has 2 rings (SSSR count). The number of ether oxygens (including phenoxy) is 2. The van der Waals surface area contributed by atoms with Gasteiger partial charge in [0.25, 0.3) is 5.91 Å². The van der Waals surface area contributed by atoms with Gasteiger partial charge in [0.05, 0.1) is 30.7 Å². The molecule has 0 radical (unpaired) electrons. The summed E-state index contributed by atoms with van der Waals surface area (Å²) in [5.74, 6) is -0.811. The van der Waals surface area contributed by atoms with E-state index in [1.807, 2.05) is 36.2 Å². The fourth-order valence-corrected chi connectivity index (χ4v) is 3.86. The van der Waals surface area contributed by atoms with Crippen molar-refractivity contribution in [3.05, 3.63) is 45.8 Å². The number of carbonyl (C=O) groups excluding carboxylic acids is 3. The van der Waals surface area contributed by atoms with E-state index in [0.717, 1.165) is 22.6 Å². The van der Waals surface area contributed by atoms with E-state index >= 15 is 0 Å². The molecule has 3 N–H and O–H groups in total. The molecule has 0 saturated heterocycles. The Balaban J connectivity index is 2.09. The Bertz CT molecular complexity index is 892. The van der Waals surface area contributed by atoms with E-state index in [1.54, 1.807) is 21.0 Å². The topological polar surface area (TPSA) is 111 Å². The van der Waals surface area contributed by atoms with Gasteiger partial charge < -0.3 is 20.5 Å². The second-order valence-electron chi connectivity index (χ2n) is 6.41. The lowest BCUT2D eigenvalue weighted by molar-refractivity contribution is -0.117. The Hall–Kier alpha value is -2.91. The van der Waals surface area contributed by atoms with Gasteiger partial charge in [-0.15, -0.1) is 11.3 Å². The number of primary amides is 1. The summed E-state index contributed by atoms with van der Waals surface area (Å²) in [5.41, 5.74) is 6.97. The third kappa shape index (κ3) is 5.78. The predicted octanol–water partition coefficient (Wildman–Crippen LogP) is 2.41. The molecule has 156 valence electrons. The van der Waals surface area contributed by atoms with Crippen LogP contribution in [0.1, 0.15) is 38.1 Å². The molecule has 0 aliphatic carbocycles. The highest BCUT2D eigenvalue weighted by Crippen LogP contribution is 2.33. The number of benzene rings is 1. The average Bonchev–Trinajstić information content (AvgIpc) is 2.98. The maximum atomic E-state index is 12.5. The van der Waals surface area contributed by atoms with Gasteiger partial charge in [0, 0.05) is 6.54 Å². The first-order valence-corrected chi connectivity index (χ1v) is 9.80. The van der Waals surface area contributed by atoms with Gasteiger partial charge in [-0.1, -0.05) is 12.1 Å². The minimum Gasteiger partial charge on any atom is -0.497 e. The lowest BCUT2D eigenvalue weighted by Crippen LogP contribution is -2.30. The van der Waals surface area contributed by atoms with Crippen molar-refractivity contribution in [3.63, 3.8) is 0 Å². The first-order chi connectivity index (χ1) is 13.8. The molecule has 1 aromatic carbocycles. The first kappa shape index (κ1) is 22.4. The van der Waals surface area contributed by atoms with Crippen LogP contribution in [0, 0.1) is 6.92 Å². The van der Waals surface area contributed by atoms with Crippen molar-refractivity contribution >= 4 is 34.1 Å². The van der Waals surface area contributed by atoms with Crippen LogP contribution in [0.25, 0.3) is 0 Å². The van der Waals surface area contributed by atoms with Crippen molar-refractivity contribution in [3.8, 4) is 5.75 Å². The zero-order chi connectivity index (χ0) is 21.6. The van der Waals surface area contributed by atoms with Crippen molar-refractivity contribution in [2.24, 2.45) is 5.73 Å². The van der Waals surface area contributed by atoms with Crippen LogP contribution in [0.5, 0.6) is 5.75 Å². The summed E-state index contributed by atoms with van der Waals surface area (Å²) in [6.07, 6.45) is 0. The average molecular weight is 420 g/mol. The number of anilines is 1. The summed E-state index contributed by atoms with van der Waals surface area (Å²) in [6.45, 7) is 4.11. The number of likely N-dealkylation sites (N-methyl/N-ethyl adjacent to an activating group) is 1. The molecule has 0 bridgehead atoms. The van der Waals surface area contributed by atoms with Gasteiger partial charge in [-0.25, -0.2) is 4.79 Å². The highest BCUT2D eigenvalue weighted by Gasteiger charge is 2.25. The summed E-state index contributed by atoms with van der Waals surface area (Å²) in [7, 11) is 3.41. The number of amides is 2. The van der Waals surface area contributed by atoms with Gasteiger partial charge in [0.2, 0.25) is 5.91 Å². The monoisotopic (exact) mass is 419 g/mol. The van der Waals surface area contributed by atoms with Crippen molar-refractivity contribution < 1.29 is 23.9 Å². The number of methoxy groups -OCH3 is 1. The molecule has 0 atom stereocenters. The fourth-order valence-electron chi connectivity index (χ4n) is 2.80. The number of nitrogens with two attached hydrogens (primary N) is 1. The van der Waals surface area contributed by atoms with Gasteiger partial charge in [-0.05, 0) is 44.2 Å². The number of nitrogens with one attached hydrogen (secondary N) is 1. The zero-order valence-corrected chi connectivity index (χ0v) is 17.7. The summed E-state index contributed by atoms with van der Waals surface area (Å²) in [6, 6.07) is 7.56. The summed E-state index contributed by atoms with van der Waals surface area (Å²) < 4.78 is 10.2. The number of esters is 1. The third-order valence-electron chi connectivity index (χ3n) is 4.13. The van der Waals surface area contributed by atoms with Gasteiger partial charge in [-0.3, -0.25) is 14.5 Å². The largest absolute Gasteiger partial charge is 0.497 e. The Morgan fingerprint density at radius 1 is 1.21 bits per heavy atom. The smallest absolute Gasteiger partial charge is 0.341 e. The van der Waals surface area contributed by atoms with Crippen LogP contribution in [0.2, 0.25) is 0 Å². The number of carbonyl (C=O) groups is 3. The van der Waals surface area contributed by atoms with E-state index in [0.29, 0.717) is 12.1 Å². The van der Waals surface area contributed by atoms with E-state index in [-0.39, 0.29) is 34.5 Å². The van der Waals surface area contributed by atoms with Crippen LogP contribution in [0.4, 0.5) is 5.00 Å². The van der Waals surface area contributed by atoms with E-state index in [4.69, 9.17) is 15.2 Å². The molecule has 2 aromatic rings. The van der Waals surface area contributed by atoms with E-state index in [2.05, 4.69) is 5.32 Å². The molecular weight excluding hydrogens is 394 g/mol. The SMILES string of the molecule is CCOC(=O)c1c(NC(=O)CN(C)Cc2ccc(OC)cc2)sc(C(N)=O)c1C. The molecule has 0 unspecified atom stereocenters. The van der Waals surface area contributed by atoms with Crippen LogP contribution in [-0.2, 0) is 16.1 Å². The normalized spacial score (nSPS) is 10.7. The quantitative estimate of drug-likeness (QED) is 0.604. The Morgan fingerprint density at radius 2 is 1.86 bits per heavy atom. The molecule has 9 heteroatoms. The lowest BCUT2D eigenvalue weighted by Gasteiger charge is -2.16. The molecule has 0 spiro atoms. The van der Waals surface area contributed by atoms with Gasteiger partial charge >= 0.3 is 5.97 Å². The Kier molecular flexibility index (Phi) is 7.74. The summed E-state index contributed by atoms with van der Waals surface area (Å²) >= 11 is 0.972. The highest BCUT2D eigenvalue weighted by atomic mass is 32.1. The molecule has 0 fully saturated rings. The Morgan fingerprint density at radius 3 is 2.41 bits per heavy atom. The molecule has 1 aromatic heterocycles. The third-order valence-corrected chi connectivity index (χ3v) is 5.35. The van der Waals surface area contributed by atoms with E-state index in [1.165, 1.54) is 0 Å². The van der Waals surface area contributed by atoms with Gasteiger partial charge in [0.15, 0.2) is 0 Å². The van der Waals surface area contributed by atoms with Crippen molar-refractivity contribution in [2.75, 3.05) is 32.6 Å². The van der Waals surface area contributed by atoms with E-state index < -0.39 is 11.9 Å². The number of thiophene rings is 1. The summed E-state index contributed by atoms with van der Waals surface area (Å²) in [5, 5.41) is 2.97. The van der Waals surface area contributed by atoms with Crippen LogP contribution >= 0.6 is 11.3 Å². The number of rotatable bonds is 9. The molecule has 0 aliphatic rings. The molecule has 1 heterocycles.